The van der Waals surface area contributed by atoms with Gasteiger partial charge in [-0.25, -0.2) is 0 Å². The molecule has 1 saturated carbocycles. The Morgan fingerprint density at radius 3 is 2.45 bits per heavy atom. The smallest absolute Gasteiger partial charge is 0.153 e. The van der Waals surface area contributed by atoms with Gasteiger partial charge in [0.15, 0.2) is 5.78 Å². The van der Waals surface area contributed by atoms with E-state index in [9.17, 15) is 4.79 Å². The zero-order chi connectivity index (χ0) is 14.4. The molecule has 1 atom stereocenters. The van der Waals surface area contributed by atoms with E-state index in [2.05, 4.69) is 18.7 Å². The molecule has 0 bridgehead atoms. The van der Waals surface area contributed by atoms with Gasteiger partial charge in [-0.3, -0.25) is 9.69 Å². The van der Waals surface area contributed by atoms with Crippen LogP contribution in [0.4, 0.5) is 0 Å². The lowest BCUT2D eigenvalue weighted by Gasteiger charge is -2.39. The summed E-state index contributed by atoms with van der Waals surface area (Å²) in [6, 6.07) is 0. The molecule has 2 rings (SSSR count). The average molecular weight is 281 g/mol. The lowest BCUT2D eigenvalue weighted by Crippen LogP contribution is -2.52. The highest BCUT2D eigenvalue weighted by Gasteiger charge is 2.43. The summed E-state index contributed by atoms with van der Waals surface area (Å²) in [4.78, 5) is 15.2. The minimum atomic E-state index is -0.125. The fourth-order valence-corrected chi connectivity index (χ4v) is 4.16. The van der Waals surface area contributed by atoms with E-state index in [1.807, 2.05) is 0 Å². The van der Waals surface area contributed by atoms with Gasteiger partial charge in [-0.05, 0) is 51.6 Å². The third kappa shape index (κ3) is 3.43. The number of likely N-dealkylation sites (N-methyl/N-ethyl adjacent to an activating group) is 1. The van der Waals surface area contributed by atoms with E-state index in [4.69, 9.17) is 4.74 Å². The second kappa shape index (κ2) is 7.56. The van der Waals surface area contributed by atoms with Gasteiger partial charge in [0.1, 0.15) is 0 Å². The second-order valence-electron chi connectivity index (χ2n) is 6.36. The van der Waals surface area contributed by atoms with Crippen molar-refractivity contribution in [3.8, 4) is 0 Å². The number of carbonyl (C=O) groups is 1. The van der Waals surface area contributed by atoms with Crippen molar-refractivity contribution in [3.05, 3.63) is 0 Å². The number of nitrogens with zero attached hydrogens (tertiary/aromatic N) is 1. The van der Waals surface area contributed by atoms with Crippen LogP contribution in [-0.2, 0) is 9.53 Å². The summed E-state index contributed by atoms with van der Waals surface area (Å²) in [5, 5.41) is 0. The molecule has 0 aromatic carbocycles. The molecular formula is C17H31NO2. The molecule has 0 aromatic rings. The van der Waals surface area contributed by atoms with Crippen molar-refractivity contribution >= 4 is 5.78 Å². The summed E-state index contributed by atoms with van der Waals surface area (Å²) >= 11 is 0. The Bertz CT molecular complexity index is 300. The number of Topliss-reactive ketones (excluding diaryl/α,β-unsaturated/α-hetero) is 1. The largest absolute Gasteiger partial charge is 0.378 e. The molecule has 3 nitrogen and oxygen atoms in total. The molecule has 116 valence electrons. The lowest BCUT2D eigenvalue weighted by molar-refractivity contribution is -0.131. The summed E-state index contributed by atoms with van der Waals surface area (Å²) in [7, 11) is 0. The van der Waals surface area contributed by atoms with Crippen molar-refractivity contribution in [1.29, 1.82) is 0 Å². The standard InChI is InChI=1S/C17H31NO2/c1-3-18(4-2)17(12-5-6-13-17)16(19)11-7-9-15-10-8-14-20-15/h15H,3-14H2,1-2H3. The van der Waals surface area contributed by atoms with Crippen LogP contribution in [0.1, 0.15) is 71.6 Å². The maximum atomic E-state index is 12.8. The first-order chi connectivity index (χ1) is 9.73. The maximum absolute atomic E-state index is 12.8. The van der Waals surface area contributed by atoms with Crippen LogP contribution in [0.25, 0.3) is 0 Å². The van der Waals surface area contributed by atoms with Crippen molar-refractivity contribution < 1.29 is 9.53 Å². The summed E-state index contributed by atoms with van der Waals surface area (Å²) in [5.41, 5.74) is -0.125. The van der Waals surface area contributed by atoms with Crippen LogP contribution in [0, 0.1) is 0 Å². The topological polar surface area (TPSA) is 29.5 Å². The maximum Gasteiger partial charge on any atom is 0.153 e. The summed E-state index contributed by atoms with van der Waals surface area (Å²) in [6.45, 7) is 7.27. The predicted molar refractivity (Wildman–Crippen MR) is 82.0 cm³/mol. The van der Waals surface area contributed by atoms with E-state index in [0.29, 0.717) is 11.9 Å². The molecule has 1 saturated heterocycles. The Hall–Kier alpha value is -0.410. The van der Waals surface area contributed by atoms with Gasteiger partial charge in [-0.2, -0.15) is 0 Å². The number of ketones is 1. The second-order valence-corrected chi connectivity index (χ2v) is 6.36. The van der Waals surface area contributed by atoms with Crippen LogP contribution in [0.5, 0.6) is 0 Å². The number of rotatable bonds is 8. The van der Waals surface area contributed by atoms with Gasteiger partial charge in [-0.15, -0.1) is 0 Å². The van der Waals surface area contributed by atoms with E-state index in [1.54, 1.807) is 0 Å². The van der Waals surface area contributed by atoms with Crippen molar-refractivity contribution in [2.75, 3.05) is 19.7 Å². The van der Waals surface area contributed by atoms with Gasteiger partial charge in [0.2, 0.25) is 0 Å². The third-order valence-corrected chi connectivity index (χ3v) is 5.27. The number of ether oxygens (including phenoxy) is 1. The average Bonchev–Trinajstić information content (AvgIpc) is 3.12. The van der Waals surface area contributed by atoms with E-state index in [1.165, 1.54) is 25.7 Å². The van der Waals surface area contributed by atoms with E-state index >= 15 is 0 Å². The zero-order valence-electron chi connectivity index (χ0n) is 13.3. The van der Waals surface area contributed by atoms with Crippen LogP contribution in [0.3, 0.4) is 0 Å². The Balaban J connectivity index is 1.86. The van der Waals surface area contributed by atoms with Crippen molar-refractivity contribution in [2.24, 2.45) is 0 Å². The van der Waals surface area contributed by atoms with Crippen molar-refractivity contribution in [2.45, 2.75) is 83.3 Å². The van der Waals surface area contributed by atoms with Gasteiger partial charge in [-0.1, -0.05) is 26.7 Å². The number of hydrogen-bond donors (Lipinski definition) is 0. The highest BCUT2D eigenvalue weighted by atomic mass is 16.5. The molecule has 3 heteroatoms. The Morgan fingerprint density at radius 2 is 1.90 bits per heavy atom. The van der Waals surface area contributed by atoms with Gasteiger partial charge < -0.3 is 4.74 Å². The van der Waals surface area contributed by atoms with E-state index in [0.717, 1.165) is 51.8 Å². The van der Waals surface area contributed by atoms with Crippen LogP contribution < -0.4 is 0 Å². The molecule has 1 aliphatic carbocycles. The van der Waals surface area contributed by atoms with Gasteiger partial charge >= 0.3 is 0 Å². The number of carbonyl (C=O) groups excluding carboxylic acids is 1. The molecule has 0 aromatic heterocycles. The highest BCUT2D eigenvalue weighted by molar-refractivity contribution is 5.88. The van der Waals surface area contributed by atoms with Gasteiger partial charge in [0.25, 0.3) is 0 Å². The molecule has 0 amide bonds. The highest BCUT2D eigenvalue weighted by Crippen LogP contribution is 2.37. The molecule has 0 spiro atoms. The summed E-state index contributed by atoms with van der Waals surface area (Å²) in [5.74, 6) is 0.497. The molecule has 0 radical (unpaired) electrons. The van der Waals surface area contributed by atoms with E-state index < -0.39 is 0 Å². The predicted octanol–water partition coefficient (Wildman–Crippen LogP) is 3.56. The molecule has 1 heterocycles. The molecule has 2 fully saturated rings. The Morgan fingerprint density at radius 1 is 1.20 bits per heavy atom. The van der Waals surface area contributed by atoms with Crippen molar-refractivity contribution in [1.82, 2.24) is 4.90 Å². The van der Waals surface area contributed by atoms with Crippen LogP contribution in [0.2, 0.25) is 0 Å². The normalized spacial score (nSPS) is 25.4. The lowest BCUT2D eigenvalue weighted by atomic mass is 9.86. The first kappa shape index (κ1) is 16.0. The summed E-state index contributed by atoms with van der Waals surface area (Å²) < 4.78 is 5.65. The van der Waals surface area contributed by atoms with Crippen LogP contribution in [0.15, 0.2) is 0 Å². The Kier molecular flexibility index (Phi) is 6.03. The van der Waals surface area contributed by atoms with Crippen LogP contribution in [-0.4, -0.2) is 42.0 Å². The molecular weight excluding hydrogens is 250 g/mol. The molecule has 0 N–H and O–H groups in total. The molecule has 1 unspecified atom stereocenters. The van der Waals surface area contributed by atoms with Gasteiger partial charge in [0.05, 0.1) is 11.6 Å². The first-order valence-electron chi connectivity index (χ1n) is 8.63. The number of hydrogen-bond acceptors (Lipinski definition) is 3. The van der Waals surface area contributed by atoms with Crippen LogP contribution >= 0.6 is 0 Å². The minimum absolute atomic E-state index is 0.125. The fourth-order valence-electron chi connectivity index (χ4n) is 4.16. The zero-order valence-corrected chi connectivity index (χ0v) is 13.3. The minimum Gasteiger partial charge on any atom is -0.378 e. The molecule has 20 heavy (non-hydrogen) atoms. The third-order valence-electron chi connectivity index (χ3n) is 5.27. The monoisotopic (exact) mass is 281 g/mol. The summed E-state index contributed by atoms with van der Waals surface area (Å²) in [6.07, 6.45) is 10.2. The van der Waals surface area contributed by atoms with Gasteiger partial charge in [0, 0.05) is 13.0 Å². The SMILES string of the molecule is CCN(CC)C1(C(=O)CCCC2CCCO2)CCCC1. The quantitative estimate of drug-likeness (QED) is 0.681. The van der Waals surface area contributed by atoms with E-state index in [-0.39, 0.29) is 5.54 Å². The molecule has 2 aliphatic rings. The fraction of sp³-hybridized carbons (Fsp3) is 0.941. The Labute approximate surface area is 124 Å². The van der Waals surface area contributed by atoms with Crippen molar-refractivity contribution in [3.63, 3.8) is 0 Å². The molecule has 1 aliphatic heterocycles. The first-order valence-corrected chi connectivity index (χ1v) is 8.63.